The first-order chi connectivity index (χ1) is 18.2. The number of halogens is 3. The number of H-pyrrole nitrogens is 1. The number of fused-ring (bicyclic) bond motifs is 4. The fraction of sp³-hybridized carbons (Fsp3) is 0.167. The van der Waals surface area contributed by atoms with Gasteiger partial charge in [0.05, 0.1) is 28.8 Å². The van der Waals surface area contributed by atoms with Crippen LogP contribution in [0.5, 0.6) is 11.5 Å². The van der Waals surface area contributed by atoms with Crippen molar-refractivity contribution in [3.8, 4) is 17.2 Å². The van der Waals surface area contributed by atoms with Crippen molar-refractivity contribution in [2.75, 3.05) is 36.6 Å². The van der Waals surface area contributed by atoms with Gasteiger partial charge in [-0.3, -0.25) is 14.5 Å². The minimum atomic E-state index is -1.23. The Bertz CT molecular complexity index is 1810. The number of nitrogen functional groups attached to an aromatic ring is 2. The third-order valence-electron chi connectivity index (χ3n) is 6.22. The zero-order valence-electron chi connectivity index (χ0n) is 19.7. The van der Waals surface area contributed by atoms with Crippen LogP contribution in [0.1, 0.15) is 0 Å². The van der Waals surface area contributed by atoms with E-state index >= 15 is 0 Å². The Morgan fingerprint density at radius 2 is 2.00 bits per heavy atom. The predicted molar refractivity (Wildman–Crippen MR) is 133 cm³/mol. The Labute approximate surface area is 211 Å². The van der Waals surface area contributed by atoms with Crippen LogP contribution in [0.25, 0.3) is 27.6 Å². The number of pyridine rings is 1. The van der Waals surface area contributed by atoms with Crippen molar-refractivity contribution in [2.24, 2.45) is 0 Å². The van der Waals surface area contributed by atoms with E-state index in [1.54, 1.807) is 11.9 Å². The molecule has 0 unspecified atom stereocenters. The molecule has 0 aliphatic carbocycles. The molecular weight excluding hydrogens is 505 g/mol. The van der Waals surface area contributed by atoms with E-state index in [1.165, 1.54) is 24.4 Å². The van der Waals surface area contributed by atoms with Crippen molar-refractivity contribution in [2.45, 2.75) is 6.10 Å². The number of hydrogen-bond donors (Lipinski definition) is 3. The lowest BCUT2D eigenvalue weighted by Crippen LogP contribution is -2.40. The normalized spacial score (nSPS) is 14.8. The van der Waals surface area contributed by atoms with Crippen LogP contribution in [0, 0.1) is 17.5 Å². The molecule has 0 fully saturated rings. The van der Waals surface area contributed by atoms with Gasteiger partial charge in [-0.05, 0) is 12.1 Å². The first-order valence-electron chi connectivity index (χ1n) is 11.3. The molecule has 2 aromatic carbocycles. The lowest BCUT2D eigenvalue weighted by Gasteiger charge is -2.30. The second kappa shape index (κ2) is 8.54. The van der Waals surface area contributed by atoms with E-state index in [4.69, 9.17) is 20.9 Å². The number of anilines is 3. The minimum Gasteiger partial charge on any atom is -0.486 e. The maximum Gasteiger partial charge on any atom is 0.270 e. The Balaban J connectivity index is 1.43. The molecule has 0 radical (unpaired) electrons. The first-order valence-corrected chi connectivity index (χ1v) is 11.3. The summed E-state index contributed by atoms with van der Waals surface area (Å²) >= 11 is 0. The van der Waals surface area contributed by atoms with E-state index in [9.17, 15) is 18.0 Å². The maximum absolute atomic E-state index is 14.9. The van der Waals surface area contributed by atoms with E-state index < -0.39 is 29.1 Å². The van der Waals surface area contributed by atoms with Crippen LogP contribution >= 0.6 is 0 Å². The van der Waals surface area contributed by atoms with Crippen molar-refractivity contribution in [3.63, 3.8) is 0 Å². The third-order valence-corrected chi connectivity index (χ3v) is 6.22. The van der Waals surface area contributed by atoms with Gasteiger partial charge in [0.25, 0.3) is 5.56 Å². The number of rotatable bonds is 4. The summed E-state index contributed by atoms with van der Waals surface area (Å²) in [7, 11) is 1.67. The molecule has 11 nitrogen and oxygen atoms in total. The van der Waals surface area contributed by atoms with E-state index in [1.807, 2.05) is 0 Å². The molecule has 1 aliphatic heterocycles. The molecule has 3 aromatic heterocycles. The van der Waals surface area contributed by atoms with Crippen LogP contribution < -0.4 is 31.4 Å². The average molecular weight is 524 g/mol. The summed E-state index contributed by atoms with van der Waals surface area (Å²) in [6, 6.07) is 5.97. The van der Waals surface area contributed by atoms with Gasteiger partial charge < -0.3 is 25.8 Å². The number of aromatic nitrogens is 5. The fourth-order valence-corrected chi connectivity index (χ4v) is 4.39. The molecule has 0 amide bonds. The van der Waals surface area contributed by atoms with Gasteiger partial charge in [-0.15, -0.1) is 0 Å². The first kappa shape index (κ1) is 23.4. The Morgan fingerprint density at radius 3 is 2.82 bits per heavy atom. The van der Waals surface area contributed by atoms with E-state index in [0.29, 0.717) is 11.1 Å². The van der Waals surface area contributed by atoms with Crippen LogP contribution in [0.4, 0.5) is 30.6 Å². The Morgan fingerprint density at radius 1 is 1.18 bits per heavy atom. The van der Waals surface area contributed by atoms with Crippen molar-refractivity contribution >= 4 is 39.4 Å². The van der Waals surface area contributed by atoms with Gasteiger partial charge >= 0.3 is 0 Å². The molecule has 1 aliphatic rings. The molecule has 0 spiro atoms. The second-order valence-electron chi connectivity index (χ2n) is 8.73. The SMILES string of the molecule is CN(C[C@H]1COc2cc(N)c(F)cc2O1)c1ncc2c3[nH]nc(N)c3c(=O)n(-c3cccc(F)c3F)c2n1. The summed E-state index contributed by atoms with van der Waals surface area (Å²) in [5, 5.41) is 6.87. The third kappa shape index (κ3) is 3.60. The fourth-order valence-electron chi connectivity index (χ4n) is 4.39. The molecule has 14 heteroatoms. The number of likely N-dealkylation sites (N-methyl/N-ethyl adjacent to an activating group) is 1. The largest absolute Gasteiger partial charge is 0.486 e. The molecule has 5 aromatic rings. The highest BCUT2D eigenvalue weighted by atomic mass is 19.2. The lowest BCUT2D eigenvalue weighted by molar-refractivity contribution is 0.0954. The molecule has 0 saturated carbocycles. The Kier molecular flexibility index (Phi) is 5.26. The number of nitrogens with two attached hydrogens (primary N) is 2. The summed E-state index contributed by atoms with van der Waals surface area (Å²) in [5.74, 6) is -2.43. The molecule has 0 saturated heterocycles. The van der Waals surface area contributed by atoms with Gasteiger partial charge in [0.15, 0.2) is 40.7 Å². The van der Waals surface area contributed by atoms with Gasteiger partial charge in [0, 0.05) is 25.4 Å². The highest BCUT2D eigenvalue weighted by molar-refractivity contribution is 6.05. The lowest BCUT2D eigenvalue weighted by atomic mass is 10.2. The van der Waals surface area contributed by atoms with Crippen molar-refractivity contribution in [3.05, 3.63) is 64.3 Å². The number of nitrogens with zero attached hydrogens (tertiary/aromatic N) is 5. The van der Waals surface area contributed by atoms with Crippen LogP contribution in [0.15, 0.2) is 41.3 Å². The monoisotopic (exact) mass is 524 g/mol. The number of hydrogen-bond acceptors (Lipinski definition) is 9. The minimum absolute atomic E-state index is 0.00351. The summed E-state index contributed by atoms with van der Waals surface area (Å²) in [6.45, 7) is 0.345. The summed E-state index contributed by atoms with van der Waals surface area (Å²) in [6.07, 6.45) is 0.889. The maximum atomic E-state index is 14.9. The molecule has 0 bridgehead atoms. The summed E-state index contributed by atoms with van der Waals surface area (Å²) in [4.78, 5) is 23.9. The van der Waals surface area contributed by atoms with Crippen LogP contribution in [-0.2, 0) is 0 Å². The quantitative estimate of drug-likeness (QED) is 0.301. The topological polar surface area (TPSA) is 150 Å². The zero-order valence-corrected chi connectivity index (χ0v) is 19.7. The predicted octanol–water partition coefficient (Wildman–Crippen LogP) is 2.51. The molecule has 38 heavy (non-hydrogen) atoms. The van der Waals surface area contributed by atoms with E-state index in [2.05, 4.69) is 20.2 Å². The van der Waals surface area contributed by atoms with Crippen LogP contribution in [0.3, 0.4) is 0 Å². The molecule has 194 valence electrons. The molecule has 1 atom stereocenters. The van der Waals surface area contributed by atoms with Crippen LogP contribution in [0.2, 0.25) is 0 Å². The van der Waals surface area contributed by atoms with Gasteiger partial charge in [-0.25, -0.2) is 18.2 Å². The highest BCUT2D eigenvalue weighted by Gasteiger charge is 2.26. The second-order valence-corrected chi connectivity index (χ2v) is 8.73. The van der Waals surface area contributed by atoms with E-state index in [-0.39, 0.29) is 58.6 Å². The number of nitrogens with one attached hydrogen (secondary N) is 1. The molecular formula is C24H19F3N8O3. The van der Waals surface area contributed by atoms with Gasteiger partial charge in [0.1, 0.15) is 17.8 Å². The van der Waals surface area contributed by atoms with Gasteiger partial charge in [-0.1, -0.05) is 6.07 Å². The van der Waals surface area contributed by atoms with Crippen LogP contribution in [-0.4, -0.2) is 51.0 Å². The number of benzene rings is 2. The van der Waals surface area contributed by atoms with Crippen molar-refractivity contribution in [1.82, 2.24) is 24.7 Å². The number of ether oxygens (including phenoxy) is 2. The summed E-state index contributed by atoms with van der Waals surface area (Å²) in [5.41, 5.74) is 10.6. The number of aromatic amines is 1. The van der Waals surface area contributed by atoms with Gasteiger partial charge in [0.2, 0.25) is 5.95 Å². The molecule has 6 rings (SSSR count). The Hall–Kier alpha value is -5.01. The molecule has 5 N–H and O–H groups in total. The highest BCUT2D eigenvalue weighted by Crippen LogP contribution is 2.35. The summed E-state index contributed by atoms with van der Waals surface area (Å²) < 4.78 is 55.3. The average Bonchev–Trinajstić information content (AvgIpc) is 3.29. The van der Waals surface area contributed by atoms with E-state index in [0.717, 1.165) is 16.7 Å². The standard InChI is InChI=1S/C24H19F3N8O3/c1-34(8-10-9-37-16-6-14(28)13(26)5-17(16)38-10)24-30-7-11-20-18(21(29)33-32-20)23(36)35(22(11)31-24)15-4-2-3-12(25)19(15)27/h2-7,10H,8-9,28H2,1H3,(H3,29,32,33)/t10-/m0/s1. The van der Waals surface area contributed by atoms with Crippen molar-refractivity contribution in [1.29, 1.82) is 0 Å². The zero-order chi connectivity index (χ0) is 26.7. The smallest absolute Gasteiger partial charge is 0.270 e. The van der Waals surface area contributed by atoms with Gasteiger partial charge in [-0.2, -0.15) is 10.1 Å². The molecule has 4 heterocycles. The van der Waals surface area contributed by atoms with Crippen molar-refractivity contribution < 1.29 is 22.6 Å².